The molecule has 0 aromatic heterocycles. The molecule has 0 aromatic carbocycles. The molecule has 0 N–H and O–H groups in total. The van der Waals surface area contributed by atoms with Crippen LogP contribution in [0, 0.1) is 0 Å². The molecule has 6 heteroatoms. The van der Waals surface area contributed by atoms with Crippen molar-refractivity contribution in [3.8, 4) is 0 Å². The zero-order valence-electron chi connectivity index (χ0n) is 8.82. The molecule has 0 aliphatic heterocycles. The smallest absolute Gasteiger partial charge is 0.337 e. The van der Waals surface area contributed by atoms with Crippen LogP contribution in [0.2, 0.25) is 0 Å². The zero-order chi connectivity index (χ0) is 11.0. The van der Waals surface area contributed by atoms with Crippen LogP contribution in [0.3, 0.4) is 0 Å². The van der Waals surface area contributed by atoms with Gasteiger partial charge >= 0.3 is 7.60 Å². The van der Waals surface area contributed by atoms with Gasteiger partial charge in [0.15, 0.2) is 0 Å². The maximum Gasteiger partial charge on any atom is 0.337 e. The number of carbonyl (C=O) groups is 1. The first-order valence-electron chi connectivity index (χ1n) is 4.38. The van der Waals surface area contributed by atoms with E-state index in [4.69, 9.17) is 4.74 Å². The predicted molar refractivity (Wildman–Crippen MR) is 52.6 cm³/mol. The molecule has 0 saturated heterocycles. The molecule has 0 amide bonds. The van der Waals surface area contributed by atoms with Crippen LogP contribution in [0.5, 0.6) is 0 Å². The van der Waals surface area contributed by atoms with Crippen LogP contribution in [0.4, 0.5) is 0 Å². The Morgan fingerprint density at radius 1 is 1.29 bits per heavy atom. The molecular weight excluding hydrogens is 207 g/mol. The fourth-order valence-electron chi connectivity index (χ4n) is 0.829. The van der Waals surface area contributed by atoms with E-state index in [0.717, 1.165) is 0 Å². The molecule has 0 heterocycles. The van der Waals surface area contributed by atoms with E-state index in [1.807, 2.05) is 6.92 Å². The van der Waals surface area contributed by atoms with E-state index in [1.54, 1.807) is 0 Å². The second-order valence-corrected chi connectivity index (χ2v) is 4.89. The standard InChI is InChI=1S/C8H17O5P/c1-4-13-6-5-8(9)7-14(10,11-2)12-3/h4-7H2,1-3H3. The van der Waals surface area contributed by atoms with E-state index in [2.05, 4.69) is 9.05 Å². The fraction of sp³-hybridized carbons (Fsp3) is 0.875. The van der Waals surface area contributed by atoms with Gasteiger partial charge in [-0.1, -0.05) is 0 Å². The molecule has 0 aromatic rings. The number of hydrogen-bond donors (Lipinski definition) is 0. The number of ketones is 1. The van der Waals surface area contributed by atoms with Gasteiger partial charge in [-0.3, -0.25) is 9.36 Å². The predicted octanol–water partition coefficient (Wildman–Crippen LogP) is 1.47. The Kier molecular flexibility index (Phi) is 7.01. The molecule has 0 saturated carbocycles. The lowest BCUT2D eigenvalue weighted by Crippen LogP contribution is -2.10. The minimum absolute atomic E-state index is 0.175. The van der Waals surface area contributed by atoms with Crippen molar-refractivity contribution in [2.45, 2.75) is 13.3 Å². The summed E-state index contributed by atoms with van der Waals surface area (Å²) in [5, 5.41) is 0. The molecule has 0 atom stereocenters. The van der Waals surface area contributed by atoms with E-state index in [0.29, 0.717) is 13.2 Å². The van der Waals surface area contributed by atoms with Gasteiger partial charge in [0.25, 0.3) is 0 Å². The number of hydrogen-bond acceptors (Lipinski definition) is 5. The Hall–Kier alpha value is -0.220. The largest absolute Gasteiger partial charge is 0.381 e. The van der Waals surface area contributed by atoms with Crippen LogP contribution in [0.25, 0.3) is 0 Å². The highest BCUT2D eigenvalue weighted by molar-refractivity contribution is 7.54. The summed E-state index contributed by atoms with van der Waals surface area (Å²) in [6.07, 6.45) is 0.0532. The van der Waals surface area contributed by atoms with Crippen molar-refractivity contribution in [3.63, 3.8) is 0 Å². The van der Waals surface area contributed by atoms with Crippen LogP contribution in [0.15, 0.2) is 0 Å². The maximum atomic E-state index is 11.5. The van der Waals surface area contributed by atoms with E-state index in [9.17, 15) is 9.36 Å². The van der Waals surface area contributed by atoms with Gasteiger partial charge in [-0.15, -0.1) is 0 Å². The van der Waals surface area contributed by atoms with Crippen molar-refractivity contribution in [2.75, 3.05) is 33.6 Å². The van der Waals surface area contributed by atoms with Crippen LogP contribution in [-0.2, 0) is 23.1 Å². The van der Waals surface area contributed by atoms with Gasteiger partial charge in [-0.05, 0) is 6.92 Å². The molecule has 0 spiro atoms. The summed E-state index contributed by atoms with van der Waals surface area (Å²) in [5.41, 5.74) is 0. The highest BCUT2D eigenvalue weighted by Crippen LogP contribution is 2.46. The first kappa shape index (κ1) is 13.8. The topological polar surface area (TPSA) is 61.8 Å². The van der Waals surface area contributed by atoms with Crippen molar-refractivity contribution in [1.82, 2.24) is 0 Å². The van der Waals surface area contributed by atoms with E-state index in [1.165, 1.54) is 14.2 Å². The third-order valence-electron chi connectivity index (χ3n) is 1.66. The summed E-state index contributed by atoms with van der Waals surface area (Å²) in [5.74, 6) is -0.175. The third kappa shape index (κ3) is 5.50. The molecule has 0 aliphatic rings. The monoisotopic (exact) mass is 224 g/mol. The van der Waals surface area contributed by atoms with Gasteiger partial charge in [0.05, 0.1) is 6.61 Å². The summed E-state index contributed by atoms with van der Waals surface area (Å²) in [6, 6.07) is 0. The van der Waals surface area contributed by atoms with Crippen molar-refractivity contribution in [3.05, 3.63) is 0 Å². The van der Waals surface area contributed by atoms with Crippen LogP contribution in [-0.4, -0.2) is 39.4 Å². The molecule has 0 radical (unpaired) electrons. The molecule has 84 valence electrons. The summed E-state index contributed by atoms with van der Waals surface area (Å²) in [4.78, 5) is 11.2. The first-order valence-corrected chi connectivity index (χ1v) is 6.10. The fourth-order valence-corrected chi connectivity index (χ4v) is 1.83. The lowest BCUT2D eigenvalue weighted by Gasteiger charge is -2.12. The van der Waals surface area contributed by atoms with Crippen molar-refractivity contribution in [1.29, 1.82) is 0 Å². The minimum Gasteiger partial charge on any atom is -0.381 e. The Morgan fingerprint density at radius 3 is 2.29 bits per heavy atom. The average Bonchev–Trinajstić information content (AvgIpc) is 2.18. The second kappa shape index (κ2) is 7.12. The molecule has 0 rings (SSSR count). The summed E-state index contributed by atoms with van der Waals surface area (Å²) in [7, 11) is -0.663. The number of Topliss-reactive ketones (excluding diaryl/α,β-unsaturated/α-hetero) is 1. The van der Waals surface area contributed by atoms with Crippen LogP contribution < -0.4 is 0 Å². The highest BCUT2D eigenvalue weighted by Gasteiger charge is 2.24. The molecular formula is C8H17O5P. The van der Waals surface area contributed by atoms with E-state index in [-0.39, 0.29) is 18.4 Å². The lowest BCUT2D eigenvalue weighted by molar-refractivity contribution is -0.117. The number of ether oxygens (including phenoxy) is 1. The summed E-state index contributed by atoms with van der Waals surface area (Å²) in [6.45, 7) is 2.77. The SMILES string of the molecule is CCOCCC(=O)CP(=O)(OC)OC. The van der Waals surface area contributed by atoms with Gasteiger partial charge < -0.3 is 13.8 Å². The van der Waals surface area contributed by atoms with Crippen LogP contribution >= 0.6 is 7.60 Å². The molecule has 14 heavy (non-hydrogen) atoms. The second-order valence-electron chi connectivity index (χ2n) is 2.62. The summed E-state index contributed by atoms with van der Waals surface area (Å²) >= 11 is 0. The molecule has 0 unspecified atom stereocenters. The zero-order valence-corrected chi connectivity index (χ0v) is 9.71. The quantitative estimate of drug-likeness (QED) is 0.461. The van der Waals surface area contributed by atoms with Gasteiger partial charge in [0.1, 0.15) is 11.9 Å². The Balaban J connectivity index is 3.86. The maximum absolute atomic E-state index is 11.5. The molecule has 5 nitrogen and oxygen atoms in total. The Labute approximate surface area is 84.3 Å². The van der Waals surface area contributed by atoms with Crippen molar-refractivity contribution in [2.24, 2.45) is 0 Å². The minimum atomic E-state index is -3.19. The van der Waals surface area contributed by atoms with Gasteiger partial charge in [0, 0.05) is 27.2 Å². The average molecular weight is 224 g/mol. The van der Waals surface area contributed by atoms with E-state index >= 15 is 0 Å². The summed E-state index contributed by atoms with van der Waals surface area (Å²) < 4.78 is 25.8. The molecule has 0 fully saturated rings. The highest BCUT2D eigenvalue weighted by atomic mass is 31.2. The lowest BCUT2D eigenvalue weighted by atomic mass is 10.3. The first-order chi connectivity index (χ1) is 6.58. The Bertz CT molecular complexity index is 208. The molecule has 0 bridgehead atoms. The Morgan fingerprint density at radius 2 is 1.86 bits per heavy atom. The van der Waals surface area contributed by atoms with Gasteiger partial charge in [-0.25, -0.2) is 0 Å². The number of rotatable bonds is 8. The number of carbonyl (C=O) groups excluding carboxylic acids is 1. The van der Waals surface area contributed by atoms with Crippen molar-refractivity contribution < 1.29 is 23.1 Å². The van der Waals surface area contributed by atoms with Gasteiger partial charge in [0.2, 0.25) is 0 Å². The third-order valence-corrected chi connectivity index (χ3v) is 3.51. The molecule has 0 aliphatic carbocycles. The van der Waals surface area contributed by atoms with E-state index < -0.39 is 7.60 Å². The van der Waals surface area contributed by atoms with Crippen LogP contribution in [0.1, 0.15) is 13.3 Å². The van der Waals surface area contributed by atoms with Gasteiger partial charge in [-0.2, -0.15) is 0 Å². The van der Waals surface area contributed by atoms with Crippen molar-refractivity contribution >= 4 is 13.4 Å². The normalized spacial score (nSPS) is 11.6.